The van der Waals surface area contributed by atoms with Crippen LogP contribution in [0.25, 0.3) is 0 Å². The average molecular weight is 608 g/mol. The Morgan fingerprint density at radius 2 is 1.77 bits per heavy atom. The van der Waals surface area contributed by atoms with Crippen molar-refractivity contribution in [2.24, 2.45) is 0 Å². The predicted octanol–water partition coefficient (Wildman–Crippen LogP) is 5.52. The molecule has 3 atom stereocenters. The molecule has 0 fully saturated rings. The highest BCUT2D eigenvalue weighted by Crippen LogP contribution is 2.32. The van der Waals surface area contributed by atoms with Gasteiger partial charge in [0.15, 0.2) is 0 Å². The van der Waals surface area contributed by atoms with E-state index in [0.717, 1.165) is 48.6 Å². The van der Waals surface area contributed by atoms with E-state index in [1.165, 1.54) is 17.7 Å². The van der Waals surface area contributed by atoms with Crippen molar-refractivity contribution in [3.63, 3.8) is 0 Å². The third-order valence-corrected chi connectivity index (χ3v) is 8.15. The number of fused-ring (bicyclic) bond motifs is 1. The van der Waals surface area contributed by atoms with Gasteiger partial charge in [-0.15, -0.1) is 0 Å². The Morgan fingerprint density at radius 3 is 2.45 bits per heavy atom. The lowest BCUT2D eigenvalue weighted by molar-refractivity contribution is 0.0764. The molecule has 1 unspecified atom stereocenters. The molecule has 2 amide bonds. The molecule has 0 radical (unpaired) electrons. The van der Waals surface area contributed by atoms with Gasteiger partial charge in [0, 0.05) is 42.9 Å². The number of hydrogen-bond acceptors (Lipinski definition) is 5. The zero-order chi connectivity index (χ0) is 31.8. The highest BCUT2D eigenvalue weighted by atomic mass is 19.1. The minimum Gasteiger partial charge on any atom is -0.497 e. The largest absolute Gasteiger partial charge is 0.497 e. The summed E-state index contributed by atoms with van der Waals surface area (Å²) in [6.45, 7) is 7.02. The number of aliphatic hydroxyl groups is 1. The Bertz CT molecular complexity index is 1440. The zero-order valence-electron chi connectivity index (χ0n) is 26.0. The summed E-state index contributed by atoms with van der Waals surface area (Å²) in [6, 6.07) is 13.3. The second-order valence-corrected chi connectivity index (χ2v) is 11.5. The Labute approximate surface area is 258 Å². The third kappa shape index (κ3) is 8.42. The second kappa shape index (κ2) is 15.3. The van der Waals surface area contributed by atoms with E-state index in [-0.39, 0.29) is 30.5 Å². The van der Waals surface area contributed by atoms with Crippen LogP contribution in [0.4, 0.5) is 8.78 Å². The second-order valence-electron chi connectivity index (χ2n) is 11.5. The SMILES string of the molecule is CCCN(CC)C(=O)c1cc(C)cc(C(=O)N[C@@H](Cc2cc(F)cc(F)c2)C(O)CN[C@@H]2CCCc3cc(OC)ccc32)c1. The van der Waals surface area contributed by atoms with Crippen LogP contribution in [-0.4, -0.2) is 60.7 Å². The number of nitrogens with zero attached hydrogens (tertiary/aromatic N) is 1. The molecule has 0 saturated carbocycles. The van der Waals surface area contributed by atoms with Crippen LogP contribution in [0.2, 0.25) is 0 Å². The molecule has 0 aromatic heterocycles. The van der Waals surface area contributed by atoms with E-state index in [1.54, 1.807) is 30.2 Å². The van der Waals surface area contributed by atoms with Gasteiger partial charge in [0.05, 0.1) is 19.3 Å². The minimum atomic E-state index is -1.08. The standard InChI is InChI=1S/C35H43F2N3O4/c1-5-12-40(6-2)35(43)26-14-22(3)13-25(18-26)34(42)39-32(17-23-15-27(36)20-28(37)16-23)33(41)21-38-31-9-7-8-24-19-29(44-4)10-11-30(24)31/h10-11,13-16,18-20,31-33,38,41H,5-9,12,17,21H2,1-4H3,(H,39,42)/t31-,32+,33?/m1/s1. The lowest BCUT2D eigenvalue weighted by atomic mass is 9.87. The van der Waals surface area contributed by atoms with E-state index in [9.17, 15) is 23.5 Å². The van der Waals surface area contributed by atoms with Crippen LogP contribution in [0.15, 0.2) is 54.6 Å². The molecule has 0 saturated heterocycles. The van der Waals surface area contributed by atoms with E-state index in [4.69, 9.17) is 4.74 Å². The summed E-state index contributed by atoms with van der Waals surface area (Å²) in [5.41, 5.74) is 4.05. The molecule has 0 heterocycles. The average Bonchev–Trinajstić information content (AvgIpc) is 3.00. The molecule has 3 aromatic carbocycles. The van der Waals surface area contributed by atoms with Crippen LogP contribution < -0.4 is 15.4 Å². The number of aryl methyl sites for hydroxylation is 2. The van der Waals surface area contributed by atoms with Crippen molar-refractivity contribution in [1.82, 2.24) is 15.5 Å². The molecule has 1 aliphatic carbocycles. The van der Waals surface area contributed by atoms with Crippen LogP contribution >= 0.6 is 0 Å². The molecule has 44 heavy (non-hydrogen) atoms. The Kier molecular flexibility index (Phi) is 11.5. The van der Waals surface area contributed by atoms with Crippen LogP contribution in [0.3, 0.4) is 0 Å². The zero-order valence-corrected chi connectivity index (χ0v) is 26.0. The van der Waals surface area contributed by atoms with Gasteiger partial charge in [0.2, 0.25) is 0 Å². The van der Waals surface area contributed by atoms with Crippen molar-refractivity contribution in [2.45, 2.75) is 71.1 Å². The molecular formula is C35H43F2N3O4. The van der Waals surface area contributed by atoms with Gasteiger partial charge in [0.1, 0.15) is 17.4 Å². The van der Waals surface area contributed by atoms with Crippen LogP contribution in [0.1, 0.15) is 82.1 Å². The quantitative estimate of drug-likeness (QED) is 0.238. The van der Waals surface area contributed by atoms with Gasteiger partial charge in [-0.05, 0) is 111 Å². The van der Waals surface area contributed by atoms with Crippen molar-refractivity contribution >= 4 is 11.8 Å². The van der Waals surface area contributed by atoms with Gasteiger partial charge in [0.25, 0.3) is 11.8 Å². The number of aliphatic hydroxyl groups excluding tert-OH is 1. The monoisotopic (exact) mass is 607 g/mol. The summed E-state index contributed by atoms with van der Waals surface area (Å²) in [6.07, 6.45) is 2.52. The lowest BCUT2D eigenvalue weighted by Gasteiger charge is -2.30. The molecule has 3 N–H and O–H groups in total. The maximum Gasteiger partial charge on any atom is 0.253 e. The molecule has 3 aromatic rings. The number of carbonyl (C=O) groups excluding carboxylic acids is 2. The van der Waals surface area contributed by atoms with Crippen molar-refractivity contribution in [2.75, 3.05) is 26.7 Å². The number of benzene rings is 3. The van der Waals surface area contributed by atoms with Crippen molar-refractivity contribution in [3.05, 3.63) is 99.6 Å². The summed E-state index contributed by atoms with van der Waals surface area (Å²) in [5, 5.41) is 17.7. The molecular weight excluding hydrogens is 564 g/mol. The number of methoxy groups -OCH3 is 1. The third-order valence-electron chi connectivity index (χ3n) is 8.15. The first-order valence-corrected chi connectivity index (χ1v) is 15.4. The highest BCUT2D eigenvalue weighted by molar-refractivity contribution is 6.00. The van der Waals surface area contributed by atoms with Gasteiger partial charge in [-0.1, -0.05) is 13.0 Å². The van der Waals surface area contributed by atoms with Gasteiger partial charge in [-0.3, -0.25) is 9.59 Å². The van der Waals surface area contributed by atoms with E-state index >= 15 is 0 Å². The molecule has 4 rings (SSSR count). The van der Waals surface area contributed by atoms with Gasteiger partial charge in [-0.2, -0.15) is 0 Å². The molecule has 236 valence electrons. The number of halogens is 2. The normalized spacial score (nSPS) is 15.7. The fourth-order valence-electron chi connectivity index (χ4n) is 5.95. The van der Waals surface area contributed by atoms with E-state index < -0.39 is 29.7 Å². The summed E-state index contributed by atoms with van der Waals surface area (Å²) in [7, 11) is 1.64. The van der Waals surface area contributed by atoms with Gasteiger partial charge >= 0.3 is 0 Å². The molecule has 0 bridgehead atoms. The minimum absolute atomic E-state index is 0.000560. The fourth-order valence-corrected chi connectivity index (χ4v) is 5.95. The number of ether oxygens (including phenoxy) is 1. The van der Waals surface area contributed by atoms with Gasteiger partial charge < -0.3 is 25.4 Å². The summed E-state index contributed by atoms with van der Waals surface area (Å²) < 4.78 is 33.5. The van der Waals surface area contributed by atoms with Crippen LogP contribution in [-0.2, 0) is 12.8 Å². The molecule has 9 heteroatoms. The lowest BCUT2D eigenvalue weighted by Crippen LogP contribution is -2.49. The maximum atomic E-state index is 14.1. The first-order valence-electron chi connectivity index (χ1n) is 15.4. The van der Waals surface area contributed by atoms with Crippen LogP contribution in [0.5, 0.6) is 5.75 Å². The number of amides is 2. The highest BCUT2D eigenvalue weighted by Gasteiger charge is 2.27. The molecule has 1 aliphatic rings. The maximum absolute atomic E-state index is 14.1. The Hall–Kier alpha value is -3.82. The number of carbonyl (C=O) groups is 2. The van der Waals surface area contributed by atoms with Crippen molar-refractivity contribution < 1.29 is 28.2 Å². The Balaban J connectivity index is 1.55. The topological polar surface area (TPSA) is 90.9 Å². The molecule has 0 aliphatic heterocycles. The van der Waals surface area contributed by atoms with Gasteiger partial charge in [-0.25, -0.2) is 8.78 Å². The fraction of sp³-hybridized carbons (Fsp3) is 0.429. The number of nitrogens with one attached hydrogen (secondary N) is 2. The smallest absolute Gasteiger partial charge is 0.253 e. The van der Waals surface area contributed by atoms with E-state index in [2.05, 4.69) is 10.6 Å². The number of rotatable bonds is 13. The van der Waals surface area contributed by atoms with Crippen molar-refractivity contribution in [3.8, 4) is 5.75 Å². The van der Waals surface area contributed by atoms with Crippen molar-refractivity contribution in [1.29, 1.82) is 0 Å². The Morgan fingerprint density at radius 1 is 1.05 bits per heavy atom. The van der Waals surface area contributed by atoms with E-state index in [1.807, 2.05) is 39.0 Å². The number of hydrogen-bond donors (Lipinski definition) is 3. The molecule has 0 spiro atoms. The first-order chi connectivity index (χ1) is 21.1. The first kappa shape index (κ1) is 33.1. The molecule has 7 nitrogen and oxygen atoms in total. The van der Waals surface area contributed by atoms with E-state index in [0.29, 0.717) is 24.2 Å². The van der Waals surface area contributed by atoms with Crippen LogP contribution in [0, 0.1) is 18.6 Å². The predicted molar refractivity (Wildman–Crippen MR) is 167 cm³/mol. The summed E-state index contributed by atoms with van der Waals surface area (Å²) in [4.78, 5) is 28.5. The summed E-state index contributed by atoms with van der Waals surface area (Å²) in [5.74, 6) is -1.32. The summed E-state index contributed by atoms with van der Waals surface area (Å²) >= 11 is 0.